The zero-order chi connectivity index (χ0) is 19.7. The molecule has 1 atom stereocenters. The van der Waals surface area contributed by atoms with Crippen LogP contribution in [0.1, 0.15) is 12.5 Å². The monoisotopic (exact) mass is 427 g/mol. The minimum atomic E-state index is -0.306. The summed E-state index contributed by atoms with van der Waals surface area (Å²) in [6.07, 6.45) is 0. The van der Waals surface area contributed by atoms with Crippen molar-refractivity contribution in [1.82, 2.24) is 15.2 Å². The number of thioether (sulfide) groups is 1. The summed E-state index contributed by atoms with van der Waals surface area (Å²) < 4.78 is 1.86. The maximum absolute atomic E-state index is 12.4. The molecule has 9 heteroatoms. The van der Waals surface area contributed by atoms with Gasteiger partial charge in [0.05, 0.1) is 15.5 Å². The predicted octanol–water partition coefficient (Wildman–Crippen LogP) is 4.82. The molecule has 0 bridgehead atoms. The fraction of sp³-hybridized carbons (Fsp3) is 0.158. The van der Waals surface area contributed by atoms with Crippen LogP contribution >= 0.6 is 34.4 Å². The minimum Gasteiger partial charge on any atom is -0.374 e. The summed E-state index contributed by atoms with van der Waals surface area (Å²) in [7, 11) is 0. The largest absolute Gasteiger partial charge is 0.374 e. The number of hydrogen-bond donors (Lipinski definition) is 2. The molecule has 1 unspecified atom stereocenters. The average molecular weight is 428 g/mol. The Hall–Kier alpha value is -2.49. The number of nitrogen functional groups attached to an aromatic ring is 1. The summed E-state index contributed by atoms with van der Waals surface area (Å²) in [6, 6.07) is 14.0. The van der Waals surface area contributed by atoms with E-state index in [0.717, 1.165) is 21.8 Å². The number of nitrogens with one attached hydrogen (secondary N) is 1. The topological polar surface area (TPSA) is 93.8 Å². The molecule has 0 radical (unpaired) electrons. The molecule has 0 spiro atoms. The van der Waals surface area contributed by atoms with E-state index in [9.17, 15) is 4.79 Å². The molecular formula is C19H17N5OS3. The van der Waals surface area contributed by atoms with Crippen LogP contribution in [-0.4, -0.2) is 26.3 Å². The van der Waals surface area contributed by atoms with Crippen molar-refractivity contribution in [2.75, 3.05) is 11.1 Å². The number of benzene rings is 2. The molecule has 0 aliphatic carbocycles. The molecule has 6 nitrogen and oxygen atoms in total. The van der Waals surface area contributed by atoms with Crippen LogP contribution in [0.2, 0.25) is 0 Å². The second-order valence-electron chi connectivity index (χ2n) is 6.22. The fourth-order valence-corrected chi connectivity index (χ4v) is 5.42. The highest BCUT2D eigenvalue weighted by Gasteiger charge is 2.17. The van der Waals surface area contributed by atoms with Gasteiger partial charge in [-0.2, -0.15) is 0 Å². The van der Waals surface area contributed by atoms with Crippen molar-refractivity contribution in [2.24, 2.45) is 0 Å². The summed E-state index contributed by atoms with van der Waals surface area (Å²) in [5.74, 6) is -0.0954. The van der Waals surface area contributed by atoms with Crippen LogP contribution in [0.3, 0.4) is 0 Å². The number of nitrogens with two attached hydrogens (primary N) is 1. The van der Waals surface area contributed by atoms with Crippen LogP contribution < -0.4 is 11.1 Å². The highest BCUT2D eigenvalue weighted by Crippen LogP contribution is 2.32. The SMILES string of the molecule is Cc1ccc2nc(-c3ccc(NC(=O)C(C)Sc4nnc(N)s4)cc3)sc2c1. The first-order chi connectivity index (χ1) is 13.5. The first-order valence-electron chi connectivity index (χ1n) is 8.52. The summed E-state index contributed by atoms with van der Waals surface area (Å²) in [6.45, 7) is 3.91. The van der Waals surface area contributed by atoms with Gasteiger partial charge in [0.15, 0.2) is 4.34 Å². The van der Waals surface area contributed by atoms with Gasteiger partial charge in [-0.1, -0.05) is 29.2 Å². The van der Waals surface area contributed by atoms with Crippen LogP contribution in [0.25, 0.3) is 20.8 Å². The Labute approximate surface area is 174 Å². The normalized spacial score (nSPS) is 12.2. The Kier molecular flexibility index (Phi) is 5.29. The van der Waals surface area contributed by atoms with Crippen molar-refractivity contribution in [3.05, 3.63) is 48.0 Å². The Morgan fingerprint density at radius 2 is 1.93 bits per heavy atom. The first kappa shape index (κ1) is 18.9. The molecule has 1 amide bonds. The van der Waals surface area contributed by atoms with Crippen molar-refractivity contribution >= 4 is 61.4 Å². The van der Waals surface area contributed by atoms with Gasteiger partial charge in [-0.05, 0) is 55.8 Å². The number of aromatic nitrogens is 3. The number of thiazole rings is 1. The quantitative estimate of drug-likeness (QED) is 0.443. The molecule has 0 saturated heterocycles. The number of hydrogen-bond acceptors (Lipinski definition) is 8. The number of carbonyl (C=O) groups excluding carboxylic acids is 1. The van der Waals surface area contributed by atoms with Gasteiger partial charge in [0.25, 0.3) is 0 Å². The average Bonchev–Trinajstić information content (AvgIpc) is 3.27. The van der Waals surface area contributed by atoms with Gasteiger partial charge < -0.3 is 11.1 Å². The number of anilines is 2. The molecule has 0 aliphatic rings. The summed E-state index contributed by atoms with van der Waals surface area (Å²) >= 11 is 4.28. The van der Waals surface area contributed by atoms with Crippen molar-refractivity contribution < 1.29 is 4.79 Å². The van der Waals surface area contributed by atoms with Crippen LogP contribution in [-0.2, 0) is 4.79 Å². The zero-order valence-electron chi connectivity index (χ0n) is 15.2. The summed E-state index contributed by atoms with van der Waals surface area (Å²) in [5, 5.41) is 11.7. The lowest BCUT2D eigenvalue weighted by Crippen LogP contribution is -2.22. The molecule has 142 valence electrons. The standard InChI is InChI=1S/C19H17N5OS3/c1-10-3-8-14-15(9-10)27-17(22-14)12-4-6-13(7-5-12)21-16(25)11(2)26-19-24-23-18(20)28-19/h3-9,11H,1-2H3,(H2,20,23)(H,21,25). The molecule has 2 heterocycles. The van der Waals surface area contributed by atoms with E-state index in [1.54, 1.807) is 11.3 Å². The molecule has 0 saturated carbocycles. The van der Waals surface area contributed by atoms with Crippen LogP contribution in [0, 0.1) is 6.92 Å². The number of amides is 1. The summed E-state index contributed by atoms with van der Waals surface area (Å²) in [4.78, 5) is 17.1. The zero-order valence-corrected chi connectivity index (χ0v) is 17.6. The third kappa shape index (κ3) is 4.16. The van der Waals surface area contributed by atoms with Gasteiger partial charge in [0, 0.05) is 11.3 Å². The molecule has 28 heavy (non-hydrogen) atoms. The third-order valence-electron chi connectivity index (χ3n) is 4.01. The number of rotatable bonds is 5. The van der Waals surface area contributed by atoms with Crippen molar-refractivity contribution in [2.45, 2.75) is 23.4 Å². The van der Waals surface area contributed by atoms with Gasteiger partial charge in [0.2, 0.25) is 11.0 Å². The van der Waals surface area contributed by atoms with Crippen LogP contribution in [0.15, 0.2) is 46.8 Å². The number of nitrogens with zero attached hydrogens (tertiary/aromatic N) is 3. The second kappa shape index (κ2) is 7.86. The van der Waals surface area contributed by atoms with Crippen LogP contribution in [0.5, 0.6) is 0 Å². The van der Waals surface area contributed by atoms with E-state index in [0.29, 0.717) is 9.47 Å². The lowest BCUT2D eigenvalue weighted by molar-refractivity contribution is -0.115. The molecule has 0 aliphatic heterocycles. The van der Waals surface area contributed by atoms with E-state index in [1.165, 1.54) is 33.4 Å². The van der Waals surface area contributed by atoms with Gasteiger partial charge in [-0.25, -0.2) is 4.98 Å². The third-order valence-corrected chi connectivity index (χ3v) is 7.02. The fourth-order valence-electron chi connectivity index (χ4n) is 2.57. The highest BCUT2D eigenvalue weighted by molar-refractivity contribution is 8.02. The van der Waals surface area contributed by atoms with Gasteiger partial charge in [0.1, 0.15) is 5.01 Å². The Balaban J connectivity index is 1.44. The van der Waals surface area contributed by atoms with Gasteiger partial charge in [-0.15, -0.1) is 21.5 Å². The Bertz CT molecular complexity index is 1140. The van der Waals surface area contributed by atoms with Crippen LogP contribution in [0.4, 0.5) is 10.8 Å². The maximum Gasteiger partial charge on any atom is 0.237 e. The molecule has 4 aromatic rings. The Morgan fingerprint density at radius 1 is 1.14 bits per heavy atom. The minimum absolute atomic E-state index is 0.0954. The molecule has 2 aromatic heterocycles. The van der Waals surface area contributed by atoms with Crippen molar-refractivity contribution in [3.8, 4) is 10.6 Å². The van der Waals surface area contributed by atoms with E-state index < -0.39 is 0 Å². The van der Waals surface area contributed by atoms with Gasteiger partial charge >= 0.3 is 0 Å². The van der Waals surface area contributed by atoms with E-state index in [4.69, 9.17) is 10.7 Å². The maximum atomic E-state index is 12.4. The second-order valence-corrected chi connectivity index (χ2v) is 9.85. The number of fused-ring (bicyclic) bond motifs is 1. The van der Waals surface area contributed by atoms with Gasteiger partial charge in [-0.3, -0.25) is 4.79 Å². The number of carbonyl (C=O) groups is 1. The predicted molar refractivity (Wildman–Crippen MR) is 118 cm³/mol. The number of aryl methyl sites for hydroxylation is 1. The highest BCUT2D eigenvalue weighted by atomic mass is 32.2. The molecule has 3 N–H and O–H groups in total. The molecular weight excluding hydrogens is 410 g/mol. The lowest BCUT2D eigenvalue weighted by Gasteiger charge is -2.10. The molecule has 0 fully saturated rings. The Morgan fingerprint density at radius 3 is 2.64 bits per heavy atom. The lowest BCUT2D eigenvalue weighted by atomic mass is 10.2. The van der Waals surface area contributed by atoms with Crippen molar-refractivity contribution in [1.29, 1.82) is 0 Å². The van der Waals surface area contributed by atoms with E-state index in [2.05, 4.69) is 34.6 Å². The first-order valence-corrected chi connectivity index (χ1v) is 11.0. The van der Waals surface area contributed by atoms with E-state index in [-0.39, 0.29) is 11.2 Å². The molecule has 4 rings (SSSR count). The molecule has 2 aromatic carbocycles. The van der Waals surface area contributed by atoms with E-state index in [1.807, 2.05) is 37.3 Å². The summed E-state index contributed by atoms with van der Waals surface area (Å²) in [5.41, 5.74) is 9.58. The smallest absolute Gasteiger partial charge is 0.237 e. The van der Waals surface area contributed by atoms with E-state index >= 15 is 0 Å². The van der Waals surface area contributed by atoms with Crippen molar-refractivity contribution in [3.63, 3.8) is 0 Å².